The van der Waals surface area contributed by atoms with Crippen LogP contribution in [0.4, 0.5) is 10.1 Å². The van der Waals surface area contributed by atoms with Crippen LogP contribution in [0.2, 0.25) is 0 Å². The minimum atomic E-state index is -0.564. The van der Waals surface area contributed by atoms with Crippen LogP contribution in [0.15, 0.2) is 12.1 Å². The smallest absolute Gasteiger partial charge is 0.254 e. The Morgan fingerprint density at radius 3 is 2.67 bits per heavy atom. The first-order valence-corrected chi connectivity index (χ1v) is 5.84. The predicted octanol–water partition coefficient (Wildman–Crippen LogP) is 1.46. The summed E-state index contributed by atoms with van der Waals surface area (Å²) in [5.41, 5.74) is 6.22. The number of rotatable bonds is 4. The van der Waals surface area contributed by atoms with Crippen LogP contribution < -0.4 is 11.1 Å². The molecule has 0 heterocycles. The van der Waals surface area contributed by atoms with Crippen LogP contribution in [0.3, 0.4) is 0 Å². The molecule has 2 atom stereocenters. The Morgan fingerprint density at radius 1 is 1.50 bits per heavy atom. The third-order valence-electron chi connectivity index (χ3n) is 3.02. The monoisotopic (exact) mass is 254 g/mol. The lowest BCUT2D eigenvalue weighted by Crippen LogP contribution is -2.38. The molecule has 0 bridgehead atoms. The van der Waals surface area contributed by atoms with E-state index in [9.17, 15) is 9.18 Å². The lowest BCUT2D eigenvalue weighted by Gasteiger charge is -2.19. The molecule has 18 heavy (non-hydrogen) atoms. The van der Waals surface area contributed by atoms with E-state index < -0.39 is 11.7 Å². The Morgan fingerprint density at radius 2 is 2.11 bits per heavy atom. The summed E-state index contributed by atoms with van der Waals surface area (Å²) in [7, 11) is 0. The summed E-state index contributed by atoms with van der Waals surface area (Å²) in [4.78, 5) is 11.9. The number of aliphatic hydroxyl groups is 1. The molecule has 1 rings (SSSR count). The van der Waals surface area contributed by atoms with Crippen molar-refractivity contribution in [3.05, 3.63) is 29.1 Å². The average Bonchev–Trinajstić information content (AvgIpc) is 2.32. The zero-order valence-electron chi connectivity index (χ0n) is 10.8. The first kappa shape index (κ1) is 14.4. The second-order valence-electron chi connectivity index (χ2n) is 4.62. The Labute approximate surface area is 106 Å². The zero-order valence-corrected chi connectivity index (χ0v) is 10.8. The molecule has 0 spiro atoms. The minimum absolute atomic E-state index is 0.0418. The Kier molecular flexibility index (Phi) is 4.67. The quantitative estimate of drug-likeness (QED) is 0.712. The van der Waals surface area contributed by atoms with E-state index in [1.807, 2.05) is 0 Å². The Hall–Kier alpha value is -1.62. The summed E-state index contributed by atoms with van der Waals surface area (Å²) in [5.74, 6) is -1.18. The second kappa shape index (κ2) is 5.82. The highest BCUT2D eigenvalue weighted by Gasteiger charge is 2.19. The lowest BCUT2D eigenvalue weighted by atomic mass is 10.0. The molecule has 2 unspecified atom stereocenters. The van der Waals surface area contributed by atoms with Gasteiger partial charge in [-0.15, -0.1) is 0 Å². The van der Waals surface area contributed by atoms with Crippen molar-refractivity contribution in [2.75, 3.05) is 12.3 Å². The van der Waals surface area contributed by atoms with Crippen molar-refractivity contribution in [1.82, 2.24) is 5.32 Å². The van der Waals surface area contributed by atoms with Gasteiger partial charge in [0.15, 0.2) is 0 Å². The number of nitrogens with two attached hydrogens (primary N) is 1. The third-order valence-corrected chi connectivity index (χ3v) is 3.02. The molecule has 0 saturated carbocycles. The summed E-state index contributed by atoms with van der Waals surface area (Å²) in [6.45, 7) is 5.07. The van der Waals surface area contributed by atoms with E-state index >= 15 is 0 Å². The molecule has 0 aliphatic rings. The fourth-order valence-electron chi connectivity index (χ4n) is 1.55. The van der Waals surface area contributed by atoms with Gasteiger partial charge in [-0.25, -0.2) is 4.39 Å². The summed E-state index contributed by atoms with van der Waals surface area (Å²) >= 11 is 0. The third kappa shape index (κ3) is 3.20. The van der Waals surface area contributed by atoms with Crippen molar-refractivity contribution in [3.63, 3.8) is 0 Å². The molecule has 1 amide bonds. The molecule has 4 N–H and O–H groups in total. The zero-order chi connectivity index (χ0) is 13.9. The van der Waals surface area contributed by atoms with Gasteiger partial charge in [-0.1, -0.05) is 6.92 Å². The van der Waals surface area contributed by atoms with Gasteiger partial charge >= 0.3 is 0 Å². The number of carbonyl (C=O) groups is 1. The molecular weight excluding hydrogens is 235 g/mol. The van der Waals surface area contributed by atoms with Crippen molar-refractivity contribution in [2.45, 2.75) is 26.8 Å². The van der Waals surface area contributed by atoms with Crippen molar-refractivity contribution < 1.29 is 14.3 Å². The standard InChI is InChI=1S/C13H19FN2O2/c1-7-4-10(15)5-11(12(7)14)13(18)16-9(3)8(2)6-17/h4-5,8-9,17H,6,15H2,1-3H3,(H,16,18). The number of halogens is 1. The maximum atomic E-state index is 13.8. The molecule has 0 aliphatic carbocycles. The molecule has 0 radical (unpaired) electrons. The number of anilines is 1. The summed E-state index contributed by atoms with van der Waals surface area (Å²) < 4.78 is 13.8. The molecule has 0 fully saturated rings. The van der Waals surface area contributed by atoms with Crippen LogP contribution in [-0.4, -0.2) is 23.7 Å². The molecule has 0 aromatic heterocycles. The second-order valence-corrected chi connectivity index (χ2v) is 4.62. The topological polar surface area (TPSA) is 75.4 Å². The fraction of sp³-hybridized carbons (Fsp3) is 0.462. The number of hydrogen-bond acceptors (Lipinski definition) is 3. The normalized spacial score (nSPS) is 14.1. The van der Waals surface area contributed by atoms with Gasteiger partial charge in [0.1, 0.15) is 5.82 Å². The minimum Gasteiger partial charge on any atom is -0.399 e. The van der Waals surface area contributed by atoms with E-state index in [0.29, 0.717) is 11.3 Å². The number of carbonyl (C=O) groups excluding carboxylic acids is 1. The van der Waals surface area contributed by atoms with Gasteiger partial charge in [-0.3, -0.25) is 4.79 Å². The highest BCUT2D eigenvalue weighted by molar-refractivity contribution is 5.95. The van der Waals surface area contributed by atoms with Gasteiger partial charge in [0.05, 0.1) is 5.56 Å². The highest BCUT2D eigenvalue weighted by Crippen LogP contribution is 2.17. The maximum Gasteiger partial charge on any atom is 0.254 e. The van der Waals surface area contributed by atoms with Crippen molar-refractivity contribution in [1.29, 1.82) is 0 Å². The van der Waals surface area contributed by atoms with Gasteiger partial charge in [0, 0.05) is 18.3 Å². The number of amides is 1. The van der Waals surface area contributed by atoms with Crippen molar-refractivity contribution in [2.24, 2.45) is 5.92 Å². The first-order valence-electron chi connectivity index (χ1n) is 5.84. The Bertz CT molecular complexity index is 449. The van der Waals surface area contributed by atoms with Crippen LogP contribution in [0.1, 0.15) is 29.8 Å². The molecule has 0 aliphatic heterocycles. The predicted molar refractivity (Wildman–Crippen MR) is 68.7 cm³/mol. The summed E-state index contributed by atoms with van der Waals surface area (Å²) in [6, 6.07) is 2.54. The summed E-state index contributed by atoms with van der Waals surface area (Å²) in [6.07, 6.45) is 0. The number of hydrogen-bond donors (Lipinski definition) is 3. The maximum absolute atomic E-state index is 13.8. The van der Waals surface area contributed by atoms with Gasteiger partial charge < -0.3 is 16.2 Å². The van der Waals surface area contributed by atoms with Crippen LogP contribution in [0.25, 0.3) is 0 Å². The van der Waals surface area contributed by atoms with E-state index in [-0.39, 0.29) is 24.1 Å². The number of nitrogen functional groups attached to an aromatic ring is 1. The van der Waals surface area contributed by atoms with Crippen molar-refractivity contribution >= 4 is 11.6 Å². The van der Waals surface area contributed by atoms with Crippen LogP contribution in [-0.2, 0) is 0 Å². The Balaban J connectivity index is 2.91. The van der Waals surface area contributed by atoms with E-state index in [1.54, 1.807) is 20.8 Å². The molecule has 0 saturated heterocycles. The molecular formula is C13H19FN2O2. The molecule has 100 valence electrons. The number of benzene rings is 1. The molecule has 1 aromatic carbocycles. The van der Waals surface area contributed by atoms with Crippen LogP contribution >= 0.6 is 0 Å². The van der Waals surface area contributed by atoms with Gasteiger partial charge in [0.25, 0.3) is 5.91 Å². The number of nitrogens with one attached hydrogen (secondary N) is 1. The average molecular weight is 254 g/mol. The largest absolute Gasteiger partial charge is 0.399 e. The lowest BCUT2D eigenvalue weighted by molar-refractivity contribution is 0.0912. The van der Waals surface area contributed by atoms with E-state index in [1.165, 1.54) is 12.1 Å². The number of aryl methyl sites for hydroxylation is 1. The first-order chi connectivity index (χ1) is 8.36. The van der Waals surface area contributed by atoms with E-state index in [0.717, 1.165) is 0 Å². The van der Waals surface area contributed by atoms with Gasteiger partial charge in [0.2, 0.25) is 0 Å². The molecule has 5 heteroatoms. The van der Waals surface area contributed by atoms with Crippen LogP contribution in [0.5, 0.6) is 0 Å². The fourth-order valence-corrected chi connectivity index (χ4v) is 1.55. The van der Waals surface area contributed by atoms with Crippen LogP contribution in [0, 0.1) is 18.7 Å². The van der Waals surface area contributed by atoms with Crippen molar-refractivity contribution in [3.8, 4) is 0 Å². The van der Waals surface area contributed by atoms with E-state index in [2.05, 4.69) is 5.32 Å². The SMILES string of the molecule is Cc1cc(N)cc(C(=O)NC(C)C(C)CO)c1F. The molecule has 4 nitrogen and oxygen atoms in total. The van der Waals surface area contributed by atoms with Gasteiger partial charge in [-0.05, 0) is 37.5 Å². The number of aliphatic hydroxyl groups excluding tert-OH is 1. The van der Waals surface area contributed by atoms with E-state index in [4.69, 9.17) is 10.8 Å². The van der Waals surface area contributed by atoms with Gasteiger partial charge in [-0.2, -0.15) is 0 Å². The highest BCUT2D eigenvalue weighted by atomic mass is 19.1. The molecule has 1 aromatic rings. The summed E-state index contributed by atoms with van der Waals surface area (Å²) in [5, 5.41) is 11.6.